The van der Waals surface area contributed by atoms with Gasteiger partial charge in [-0.05, 0) is 99.8 Å². The molecule has 5 heteroatoms. The zero-order chi connectivity index (χ0) is 23.1. The first-order valence-electron chi connectivity index (χ1n) is 12.5. The number of aromatic nitrogens is 2. The van der Waals surface area contributed by atoms with E-state index < -0.39 is 0 Å². The molecule has 3 aromatic rings. The molecular weight excluding hydrogens is 413 g/mol. The first-order valence-corrected chi connectivity index (χ1v) is 12.5. The van der Waals surface area contributed by atoms with E-state index in [-0.39, 0.29) is 11.7 Å². The summed E-state index contributed by atoms with van der Waals surface area (Å²) < 4.78 is 20.9. The number of ether oxygens (including phenoxy) is 1. The number of nitrogens with zero attached hydrogens (tertiary/aromatic N) is 2. The second-order valence-corrected chi connectivity index (χ2v) is 10.3. The number of pyridine rings is 1. The van der Waals surface area contributed by atoms with Crippen molar-refractivity contribution in [3.63, 3.8) is 0 Å². The summed E-state index contributed by atoms with van der Waals surface area (Å²) in [6.45, 7) is 12.4. The van der Waals surface area contributed by atoms with E-state index in [0.29, 0.717) is 12.0 Å². The van der Waals surface area contributed by atoms with Crippen LogP contribution in [0.15, 0.2) is 24.3 Å². The van der Waals surface area contributed by atoms with Crippen molar-refractivity contribution in [3.8, 4) is 11.3 Å². The summed E-state index contributed by atoms with van der Waals surface area (Å²) in [5.74, 6) is 0.544. The van der Waals surface area contributed by atoms with Crippen molar-refractivity contribution in [2.45, 2.75) is 71.3 Å². The maximum absolute atomic E-state index is 15.4. The molecule has 0 saturated carbocycles. The summed E-state index contributed by atoms with van der Waals surface area (Å²) >= 11 is 0. The number of hydrogen-bond donors (Lipinski definition) is 1. The standard InChI is InChI=1S/C28H36FN3O/c1-17(2)27-24-15-23(20-5-9-32(10-6-20)22-7-11-33-12-8-22)25(29)16-26(24)31-28(27)21-13-18(3)30-19(4)14-21/h13-17,20,22,31H,5-12H2,1-4H3. The predicted molar refractivity (Wildman–Crippen MR) is 132 cm³/mol. The molecule has 0 amide bonds. The molecule has 2 aliphatic rings. The van der Waals surface area contributed by atoms with Crippen molar-refractivity contribution in [3.05, 3.63) is 52.6 Å². The highest BCUT2D eigenvalue weighted by molar-refractivity contribution is 5.92. The molecule has 1 N–H and O–H groups in total. The van der Waals surface area contributed by atoms with Crippen LogP contribution in [-0.4, -0.2) is 47.2 Å². The van der Waals surface area contributed by atoms with Gasteiger partial charge in [-0.2, -0.15) is 0 Å². The molecule has 2 aromatic heterocycles. The van der Waals surface area contributed by atoms with E-state index in [9.17, 15) is 0 Å². The average Bonchev–Trinajstić information content (AvgIpc) is 3.17. The van der Waals surface area contributed by atoms with Gasteiger partial charge in [-0.25, -0.2) is 4.39 Å². The Hall–Kier alpha value is -2.24. The van der Waals surface area contributed by atoms with Crippen LogP contribution < -0.4 is 0 Å². The molecule has 0 bridgehead atoms. The van der Waals surface area contributed by atoms with E-state index >= 15 is 4.39 Å². The highest BCUT2D eigenvalue weighted by Crippen LogP contribution is 2.40. The number of rotatable bonds is 4. The lowest BCUT2D eigenvalue weighted by molar-refractivity contribution is 0.0250. The molecule has 176 valence electrons. The zero-order valence-corrected chi connectivity index (χ0v) is 20.4. The molecule has 5 rings (SSSR count). The molecule has 1 aromatic carbocycles. The molecule has 0 aliphatic carbocycles. The Morgan fingerprint density at radius 2 is 1.67 bits per heavy atom. The Labute approximate surface area is 196 Å². The molecule has 2 fully saturated rings. The van der Waals surface area contributed by atoms with Crippen LogP contribution in [0.25, 0.3) is 22.2 Å². The third-order valence-electron chi connectivity index (χ3n) is 7.58. The van der Waals surface area contributed by atoms with Crippen LogP contribution in [0.1, 0.15) is 73.9 Å². The van der Waals surface area contributed by atoms with E-state index in [2.05, 4.69) is 46.9 Å². The highest BCUT2D eigenvalue weighted by atomic mass is 19.1. The van der Waals surface area contributed by atoms with Gasteiger partial charge < -0.3 is 14.6 Å². The van der Waals surface area contributed by atoms with E-state index in [4.69, 9.17) is 4.74 Å². The van der Waals surface area contributed by atoms with Crippen molar-refractivity contribution in [1.29, 1.82) is 0 Å². The summed E-state index contributed by atoms with van der Waals surface area (Å²) in [5, 5.41) is 1.16. The molecule has 4 heterocycles. The summed E-state index contributed by atoms with van der Waals surface area (Å²) in [6, 6.07) is 8.75. The Morgan fingerprint density at radius 3 is 2.30 bits per heavy atom. The number of H-pyrrole nitrogens is 1. The molecular formula is C28H36FN3O. The molecule has 0 radical (unpaired) electrons. The Kier molecular flexibility index (Phi) is 6.28. The minimum absolute atomic E-state index is 0.0720. The minimum Gasteiger partial charge on any atom is -0.381 e. The smallest absolute Gasteiger partial charge is 0.128 e. The second-order valence-electron chi connectivity index (χ2n) is 10.3. The van der Waals surface area contributed by atoms with Crippen LogP contribution in [0.5, 0.6) is 0 Å². The van der Waals surface area contributed by atoms with Crippen molar-refractivity contribution in [2.24, 2.45) is 0 Å². The Balaban J connectivity index is 1.47. The first kappa shape index (κ1) is 22.5. The number of likely N-dealkylation sites (tertiary alicyclic amines) is 1. The summed E-state index contributed by atoms with van der Waals surface area (Å²) in [5.41, 5.74) is 7.29. The number of aromatic amines is 1. The third-order valence-corrected chi connectivity index (χ3v) is 7.58. The lowest BCUT2D eigenvalue weighted by Gasteiger charge is -2.39. The van der Waals surface area contributed by atoms with Crippen LogP contribution in [0.2, 0.25) is 0 Å². The number of fused-ring (bicyclic) bond motifs is 1. The Bertz CT molecular complexity index is 1120. The quantitative estimate of drug-likeness (QED) is 0.496. The van der Waals surface area contributed by atoms with Crippen molar-refractivity contribution >= 4 is 10.9 Å². The monoisotopic (exact) mass is 449 g/mol. The van der Waals surface area contributed by atoms with Crippen LogP contribution in [0.4, 0.5) is 4.39 Å². The lowest BCUT2D eigenvalue weighted by atomic mass is 9.86. The number of piperidine rings is 1. The van der Waals surface area contributed by atoms with Crippen LogP contribution in [0.3, 0.4) is 0 Å². The van der Waals surface area contributed by atoms with Gasteiger partial charge in [0.25, 0.3) is 0 Å². The minimum atomic E-state index is -0.0720. The van der Waals surface area contributed by atoms with E-state index in [1.54, 1.807) is 6.07 Å². The number of benzene rings is 1. The van der Waals surface area contributed by atoms with Crippen LogP contribution in [-0.2, 0) is 4.74 Å². The zero-order valence-electron chi connectivity index (χ0n) is 20.4. The van der Waals surface area contributed by atoms with Gasteiger partial charge >= 0.3 is 0 Å². The molecule has 4 nitrogen and oxygen atoms in total. The summed E-state index contributed by atoms with van der Waals surface area (Å²) in [7, 11) is 0. The van der Waals surface area contributed by atoms with Gasteiger partial charge in [-0.1, -0.05) is 13.8 Å². The molecule has 0 unspecified atom stereocenters. The molecule has 0 atom stereocenters. The third kappa shape index (κ3) is 4.45. The largest absolute Gasteiger partial charge is 0.381 e. The second kappa shape index (κ2) is 9.19. The topological polar surface area (TPSA) is 41.2 Å². The normalized spacial score (nSPS) is 19.1. The molecule has 33 heavy (non-hydrogen) atoms. The van der Waals surface area contributed by atoms with Crippen molar-refractivity contribution in [2.75, 3.05) is 26.3 Å². The van der Waals surface area contributed by atoms with E-state index in [0.717, 1.165) is 91.1 Å². The number of aryl methyl sites for hydroxylation is 2. The van der Waals surface area contributed by atoms with Gasteiger partial charge in [0.05, 0.1) is 5.69 Å². The Morgan fingerprint density at radius 1 is 1.00 bits per heavy atom. The first-order chi connectivity index (χ1) is 15.9. The summed E-state index contributed by atoms with van der Waals surface area (Å²) in [6.07, 6.45) is 4.30. The van der Waals surface area contributed by atoms with Gasteiger partial charge in [-0.15, -0.1) is 0 Å². The fraction of sp³-hybridized carbons (Fsp3) is 0.536. The van der Waals surface area contributed by atoms with Gasteiger partial charge in [0.1, 0.15) is 5.82 Å². The van der Waals surface area contributed by atoms with Gasteiger partial charge in [0, 0.05) is 47.1 Å². The summed E-state index contributed by atoms with van der Waals surface area (Å²) in [4.78, 5) is 10.7. The van der Waals surface area contributed by atoms with Crippen molar-refractivity contribution < 1.29 is 9.13 Å². The lowest BCUT2D eigenvalue weighted by Crippen LogP contribution is -2.43. The SMILES string of the molecule is Cc1cc(-c2[nH]c3cc(F)c(C4CCN(C5CCOCC5)CC4)cc3c2C(C)C)cc(C)n1. The fourth-order valence-electron chi connectivity index (χ4n) is 6.00. The van der Waals surface area contributed by atoms with Gasteiger partial charge in [-0.3, -0.25) is 4.98 Å². The van der Waals surface area contributed by atoms with E-state index in [1.807, 2.05) is 13.8 Å². The molecule has 2 saturated heterocycles. The average molecular weight is 450 g/mol. The fourth-order valence-corrected chi connectivity index (χ4v) is 6.00. The number of halogens is 1. The molecule has 0 spiro atoms. The highest BCUT2D eigenvalue weighted by Gasteiger charge is 2.29. The van der Waals surface area contributed by atoms with Crippen LogP contribution in [0, 0.1) is 19.7 Å². The maximum atomic E-state index is 15.4. The number of nitrogens with one attached hydrogen (secondary N) is 1. The maximum Gasteiger partial charge on any atom is 0.128 e. The predicted octanol–water partition coefficient (Wildman–Crippen LogP) is 6.47. The van der Waals surface area contributed by atoms with Crippen molar-refractivity contribution in [1.82, 2.24) is 14.9 Å². The van der Waals surface area contributed by atoms with Crippen LogP contribution >= 0.6 is 0 Å². The van der Waals surface area contributed by atoms with E-state index in [1.165, 1.54) is 5.56 Å². The number of hydrogen-bond acceptors (Lipinski definition) is 3. The van der Waals surface area contributed by atoms with Gasteiger partial charge in [0.15, 0.2) is 0 Å². The molecule has 2 aliphatic heterocycles. The van der Waals surface area contributed by atoms with Gasteiger partial charge in [0.2, 0.25) is 0 Å².